The Kier molecular flexibility index (Phi) is 5.95. The van der Waals surface area contributed by atoms with Gasteiger partial charge in [0.2, 0.25) is 0 Å². The number of nitrogens with zero attached hydrogens (tertiary/aromatic N) is 3. The number of rotatable bonds is 6. The largest absolute Gasteiger partial charge is 0.312 e. The highest BCUT2D eigenvalue weighted by molar-refractivity contribution is 6.06. The van der Waals surface area contributed by atoms with Gasteiger partial charge in [-0.2, -0.15) is 0 Å². The second-order valence-corrected chi connectivity index (χ2v) is 7.38. The van der Waals surface area contributed by atoms with E-state index in [-0.39, 0.29) is 11.1 Å². The van der Waals surface area contributed by atoms with Gasteiger partial charge in [-0.05, 0) is 42.8 Å². The lowest BCUT2D eigenvalue weighted by atomic mass is 10.1. The van der Waals surface area contributed by atoms with Gasteiger partial charge >= 0.3 is 0 Å². The van der Waals surface area contributed by atoms with Crippen LogP contribution in [0.25, 0.3) is 11.3 Å². The van der Waals surface area contributed by atoms with Crippen LogP contribution in [0, 0.1) is 28.7 Å². The fourth-order valence-electron chi connectivity index (χ4n) is 3.40. The first kappa shape index (κ1) is 21.8. The Bertz CT molecular complexity index is 1340. The summed E-state index contributed by atoms with van der Waals surface area (Å²) in [5.74, 6) is -1.73. The summed E-state index contributed by atoms with van der Waals surface area (Å²) in [4.78, 5) is 27.9. The van der Waals surface area contributed by atoms with Crippen LogP contribution in [0.4, 0.5) is 20.3 Å². The van der Waals surface area contributed by atoms with Crippen LogP contribution in [0.2, 0.25) is 0 Å². The fourth-order valence-corrected chi connectivity index (χ4v) is 3.40. The van der Waals surface area contributed by atoms with E-state index in [9.17, 15) is 23.7 Å². The number of carbonyl (C=O) groups excluding carboxylic acids is 1. The summed E-state index contributed by atoms with van der Waals surface area (Å²) in [5, 5.41) is 14.0. The summed E-state index contributed by atoms with van der Waals surface area (Å²) in [6, 6.07) is 17.0. The molecule has 0 saturated heterocycles. The molecule has 166 valence electrons. The van der Waals surface area contributed by atoms with Crippen molar-refractivity contribution in [3.05, 3.63) is 111 Å². The molecule has 0 fully saturated rings. The predicted octanol–water partition coefficient (Wildman–Crippen LogP) is 5.35. The van der Waals surface area contributed by atoms with Crippen molar-refractivity contribution >= 4 is 17.4 Å². The highest BCUT2D eigenvalue weighted by atomic mass is 19.1. The zero-order valence-corrected chi connectivity index (χ0v) is 17.5. The molecule has 0 bridgehead atoms. The van der Waals surface area contributed by atoms with Crippen molar-refractivity contribution in [3.63, 3.8) is 0 Å². The van der Waals surface area contributed by atoms with Gasteiger partial charge in [-0.1, -0.05) is 30.3 Å². The van der Waals surface area contributed by atoms with Gasteiger partial charge in [-0.15, -0.1) is 0 Å². The second-order valence-electron chi connectivity index (χ2n) is 7.38. The Morgan fingerprint density at radius 1 is 1.09 bits per heavy atom. The molecular formula is C24H18F2N4O3. The topological polar surface area (TPSA) is 90.1 Å². The van der Waals surface area contributed by atoms with E-state index in [2.05, 4.69) is 10.3 Å². The minimum Gasteiger partial charge on any atom is -0.312 e. The second kappa shape index (κ2) is 8.99. The third-order valence-electron chi connectivity index (χ3n) is 5.16. The average molecular weight is 448 g/mol. The van der Waals surface area contributed by atoms with E-state index >= 15 is 0 Å². The first-order valence-electron chi connectivity index (χ1n) is 9.94. The highest BCUT2D eigenvalue weighted by Crippen LogP contribution is 2.29. The van der Waals surface area contributed by atoms with E-state index in [1.807, 2.05) is 30.3 Å². The van der Waals surface area contributed by atoms with Gasteiger partial charge in [-0.3, -0.25) is 14.9 Å². The van der Waals surface area contributed by atoms with Gasteiger partial charge in [0, 0.05) is 17.2 Å². The van der Waals surface area contributed by atoms with Crippen LogP contribution in [0.5, 0.6) is 0 Å². The molecular weight excluding hydrogens is 430 g/mol. The van der Waals surface area contributed by atoms with Gasteiger partial charge in [0.05, 0.1) is 23.4 Å². The molecule has 1 amide bonds. The molecule has 0 unspecified atom stereocenters. The van der Waals surface area contributed by atoms with Crippen LogP contribution in [-0.4, -0.2) is 20.4 Å². The van der Waals surface area contributed by atoms with E-state index in [1.165, 1.54) is 37.5 Å². The number of hydrogen-bond acceptors (Lipinski definition) is 4. The van der Waals surface area contributed by atoms with Gasteiger partial charge in [0.15, 0.2) is 0 Å². The smallest absolute Gasteiger partial charge is 0.276 e. The molecule has 0 spiro atoms. The SMILES string of the molecule is Cc1c(F)cc(C(=O)Nc2c(-c3ccc(F)cc3)ncn2Cc2ccccc2)cc1[N+](=O)[O-]. The zero-order valence-electron chi connectivity index (χ0n) is 17.5. The third kappa shape index (κ3) is 4.62. The van der Waals surface area contributed by atoms with E-state index < -0.39 is 28.2 Å². The molecule has 0 saturated carbocycles. The normalized spacial score (nSPS) is 10.8. The lowest BCUT2D eigenvalue weighted by molar-refractivity contribution is -0.385. The maximum absolute atomic E-state index is 14.3. The average Bonchev–Trinajstić information content (AvgIpc) is 3.18. The monoisotopic (exact) mass is 448 g/mol. The lowest BCUT2D eigenvalue weighted by Crippen LogP contribution is -2.17. The Hall–Kier alpha value is -4.40. The number of aromatic nitrogens is 2. The summed E-state index contributed by atoms with van der Waals surface area (Å²) in [7, 11) is 0. The molecule has 1 N–H and O–H groups in total. The van der Waals surface area contributed by atoms with Crippen LogP contribution >= 0.6 is 0 Å². The first-order valence-corrected chi connectivity index (χ1v) is 9.94. The molecule has 0 aliphatic carbocycles. The number of nitrogens with one attached hydrogen (secondary N) is 1. The molecule has 4 aromatic rings. The zero-order chi connectivity index (χ0) is 23.5. The third-order valence-corrected chi connectivity index (χ3v) is 5.16. The van der Waals surface area contributed by atoms with Crippen LogP contribution in [0.3, 0.4) is 0 Å². The maximum atomic E-state index is 14.3. The Balaban J connectivity index is 1.75. The van der Waals surface area contributed by atoms with Crippen molar-refractivity contribution in [1.82, 2.24) is 9.55 Å². The van der Waals surface area contributed by atoms with Gasteiger partial charge < -0.3 is 9.88 Å². The van der Waals surface area contributed by atoms with E-state index in [0.717, 1.165) is 17.7 Å². The fraction of sp³-hybridized carbons (Fsp3) is 0.0833. The number of hydrogen-bond donors (Lipinski definition) is 1. The summed E-state index contributed by atoms with van der Waals surface area (Å²) in [6.45, 7) is 1.64. The first-order chi connectivity index (χ1) is 15.8. The number of imidazole rings is 1. The molecule has 0 aliphatic rings. The van der Waals surface area contributed by atoms with Crippen molar-refractivity contribution in [2.45, 2.75) is 13.5 Å². The molecule has 4 rings (SSSR count). The molecule has 7 nitrogen and oxygen atoms in total. The molecule has 1 heterocycles. The molecule has 9 heteroatoms. The van der Waals surface area contributed by atoms with Crippen molar-refractivity contribution in [1.29, 1.82) is 0 Å². The van der Waals surface area contributed by atoms with Crippen LogP contribution < -0.4 is 5.32 Å². The summed E-state index contributed by atoms with van der Waals surface area (Å²) in [6.07, 6.45) is 1.53. The summed E-state index contributed by atoms with van der Waals surface area (Å²) >= 11 is 0. The van der Waals surface area contributed by atoms with Crippen molar-refractivity contribution < 1.29 is 18.5 Å². The molecule has 0 radical (unpaired) electrons. The van der Waals surface area contributed by atoms with Crippen molar-refractivity contribution in [2.24, 2.45) is 0 Å². The van der Waals surface area contributed by atoms with Crippen molar-refractivity contribution in [3.8, 4) is 11.3 Å². The number of amides is 1. The Labute approximate surface area is 187 Å². The van der Waals surface area contributed by atoms with Crippen molar-refractivity contribution in [2.75, 3.05) is 5.32 Å². The summed E-state index contributed by atoms with van der Waals surface area (Å²) < 4.78 is 29.4. The van der Waals surface area contributed by atoms with E-state index in [0.29, 0.717) is 23.6 Å². The molecule has 33 heavy (non-hydrogen) atoms. The molecule has 3 aromatic carbocycles. The minimum absolute atomic E-state index is 0.155. The molecule has 1 aromatic heterocycles. The van der Waals surface area contributed by atoms with Crippen LogP contribution in [-0.2, 0) is 6.54 Å². The standard InChI is InChI=1S/C24H18F2N4O3/c1-15-20(26)11-18(12-21(15)30(32)33)24(31)28-23-22(17-7-9-19(25)10-8-17)27-14-29(23)13-16-5-3-2-4-6-16/h2-12,14H,13H2,1H3,(H,28,31). The maximum Gasteiger partial charge on any atom is 0.276 e. The van der Waals surface area contributed by atoms with Gasteiger partial charge in [0.25, 0.3) is 11.6 Å². The van der Waals surface area contributed by atoms with Crippen LogP contribution in [0.15, 0.2) is 73.1 Å². The Morgan fingerprint density at radius 3 is 2.45 bits per heavy atom. The van der Waals surface area contributed by atoms with Gasteiger partial charge in [0.1, 0.15) is 23.1 Å². The number of anilines is 1. The Morgan fingerprint density at radius 2 is 1.79 bits per heavy atom. The lowest BCUT2D eigenvalue weighted by Gasteiger charge is -2.13. The number of nitro groups is 1. The molecule has 0 aliphatic heterocycles. The van der Waals surface area contributed by atoms with Gasteiger partial charge in [-0.25, -0.2) is 13.8 Å². The quantitative estimate of drug-likeness (QED) is 0.318. The van der Waals surface area contributed by atoms with E-state index in [1.54, 1.807) is 4.57 Å². The molecule has 0 atom stereocenters. The highest BCUT2D eigenvalue weighted by Gasteiger charge is 2.22. The number of halogens is 2. The van der Waals surface area contributed by atoms with Crippen LogP contribution in [0.1, 0.15) is 21.5 Å². The number of benzene rings is 3. The van der Waals surface area contributed by atoms with E-state index in [4.69, 9.17) is 0 Å². The predicted molar refractivity (Wildman–Crippen MR) is 119 cm³/mol. The summed E-state index contributed by atoms with van der Waals surface area (Å²) in [5.41, 5.74) is 1.02. The number of carbonyl (C=O) groups is 1. The number of nitro benzene ring substituents is 1. The minimum atomic E-state index is -0.856.